The molecule has 3 nitrogen and oxygen atoms in total. The lowest BCUT2D eigenvalue weighted by Gasteiger charge is -2.22. The van der Waals surface area contributed by atoms with E-state index in [1.54, 1.807) is 12.3 Å². The van der Waals surface area contributed by atoms with Crippen LogP contribution in [0.2, 0.25) is 0 Å². The first-order valence-corrected chi connectivity index (χ1v) is 6.38. The predicted molar refractivity (Wildman–Crippen MR) is 67.6 cm³/mol. The molecule has 2 rings (SSSR count). The molecule has 0 aliphatic heterocycles. The van der Waals surface area contributed by atoms with Gasteiger partial charge in [-0.3, -0.25) is 0 Å². The molecule has 1 aliphatic rings. The van der Waals surface area contributed by atoms with Crippen LogP contribution >= 0.6 is 0 Å². The largest absolute Gasteiger partial charge is 0.351 e. The second kappa shape index (κ2) is 5.45. The summed E-state index contributed by atoms with van der Waals surface area (Å²) in [6.07, 6.45) is 4.02. The smallest absolute Gasteiger partial charge is 0.170 e. The van der Waals surface area contributed by atoms with Gasteiger partial charge in [-0.25, -0.2) is 9.37 Å². The Morgan fingerprint density at radius 1 is 1.47 bits per heavy atom. The van der Waals surface area contributed by atoms with Crippen LogP contribution in [0.1, 0.15) is 32.3 Å². The van der Waals surface area contributed by atoms with Crippen LogP contribution in [0.4, 0.5) is 10.2 Å². The van der Waals surface area contributed by atoms with Crippen molar-refractivity contribution in [3.63, 3.8) is 0 Å². The highest BCUT2D eigenvalue weighted by atomic mass is 19.1. The minimum absolute atomic E-state index is 0.165. The Bertz CT molecular complexity index is 377. The summed E-state index contributed by atoms with van der Waals surface area (Å²) in [5, 5.41) is 3.15. The summed E-state index contributed by atoms with van der Waals surface area (Å²) in [4.78, 5) is 6.28. The number of pyridine rings is 1. The van der Waals surface area contributed by atoms with Gasteiger partial charge in [0, 0.05) is 30.9 Å². The fourth-order valence-electron chi connectivity index (χ4n) is 2.03. The van der Waals surface area contributed by atoms with Gasteiger partial charge >= 0.3 is 0 Å². The Morgan fingerprint density at radius 3 is 2.82 bits per heavy atom. The molecule has 0 saturated heterocycles. The van der Waals surface area contributed by atoms with Crippen molar-refractivity contribution in [3.05, 3.63) is 23.6 Å². The highest BCUT2D eigenvalue weighted by Gasteiger charge is 2.30. The van der Waals surface area contributed by atoms with Crippen molar-refractivity contribution >= 4 is 5.82 Å². The number of hydrogen-bond donors (Lipinski definition) is 1. The number of nitrogens with one attached hydrogen (secondary N) is 1. The van der Waals surface area contributed by atoms with Gasteiger partial charge in [-0.15, -0.1) is 0 Å². The zero-order valence-electron chi connectivity index (χ0n) is 10.5. The average molecular weight is 237 g/mol. The summed E-state index contributed by atoms with van der Waals surface area (Å²) in [5.74, 6) is 0.354. The third-order valence-corrected chi connectivity index (χ3v) is 3.12. The molecule has 1 heterocycles. The van der Waals surface area contributed by atoms with Crippen molar-refractivity contribution in [3.8, 4) is 0 Å². The zero-order chi connectivity index (χ0) is 12.3. The Morgan fingerprint density at radius 2 is 2.24 bits per heavy atom. The molecule has 0 atom stereocenters. The lowest BCUT2D eigenvalue weighted by molar-refractivity contribution is 0.579. The standard InChI is InChI=1S/C13H20FN3/c1-3-15-9-10-7-8-16-13(12(10)14)17(4-2)11-5-6-11/h7-8,11,15H,3-6,9H2,1-2H3. The highest BCUT2D eigenvalue weighted by Crippen LogP contribution is 2.32. The van der Waals surface area contributed by atoms with Gasteiger partial charge in [0.1, 0.15) is 0 Å². The minimum atomic E-state index is -0.165. The van der Waals surface area contributed by atoms with Gasteiger partial charge in [0.05, 0.1) is 0 Å². The van der Waals surface area contributed by atoms with Crippen LogP contribution in [-0.4, -0.2) is 24.1 Å². The lowest BCUT2D eigenvalue weighted by Crippen LogP contribution is -2.27. The Hall–Kier alpha value is -1.16. The van der Waals surface area contributed by atoms with Gasteiger partial charge < -0.3 is 10.2 Å². The van der Waals surface area contributed by atoms with E-state index in [2.05, 4.69) is 22.1 Å². The number of halogens is 1. The molecule has 0 aromatic carbocycles. The summed E-state index contributed by atoms with van der Waals surface area (Å²) in [5.41, 5.74) is 0.705. The van der Waals surface area contributed by atoms with E-state index in [9.17, 15) is 4.39 Å². The van der Waals surface area contributed by atoms with Gasteiger partial charge in [-0.1, -0.05) is 6.92 Å². The maximum atomic E-state index is 14.3. The topological polar surface area (TPSA) is 28.2 Å². The quantitative estimate of drug-likeness (QED) is 0.823. The summed E-state index contributed by atoms with van der Waals surface area (Å²) in [7, 11) is 0. The van der Waals surface area contributed by atoms with Gasteiger partial charge in [0.25, 0.3) is 0 Å². The predicted octanol–water partition coefficient (Wildman–Crippen LogP) is 2.32. The van der Waals surface area contributed by atoms with Crippen molar-refractivity contribution in [2.24, 2.45) is 0 Å². The van der Waals surface area contributed by atoms with Crippen molar-refractivity contribution in [1.82, 2.24) is 10.3 Å². The fraction of sp³-hybridized carbons (Fsp3) is 0.615. The molecule has 1 saturated carbocycles. The molecule has 1 aliphatic carbocycles. The van der Waals surface area contributed by atoms with Crippen LogP contribution in [-0.2, 0) is 6.54 Å². The Kier molecular flexibility index (Phi) is 3.94. The maximum Gasteiger partial charge on any atom is 0.170 e. The maximum absolute atomic E-state index is 14.3. The molecule has 1 fully saturated rings. The number of nitrogens with zero attached hydrogens (tertiary/aromatic N) is 2. The van der Waals surface area contributed by atoms with Crippen molar-refractivity contribution in [2.75, 3.05) is 18.0 Å². The van der Waals surface area contributed by atoms with Crippen molar-refractivity contribution in [2.45, 2.75) is 39.3 Å². The molecule has 0 amide bonds. The van der Waals surface area contributed by atoms with E-state index in [0.717, 1.165) is 25.9 Å². The summed E-state index contributed by atoms with van der Waals surface area (Å²) in [6, 6.07) is 2.25. The summed E-state index contributed by atoms with van der Waals surface area (Å²) in [6.45, 7) is 6.30. The molecule has 0 bridgehead atoms. The molecule has 0 radical (unpaired) electrons. The van der Waals surface area contributed by atoms with Crippen LogP contribution in [0, 0.1) is 5.82 Å². The van der Waals surface area contributed by atoms with Gasteiger partial charge in [-0.2, -0.15) is 0 Å². The number of hydrogen-bond acceptors (Lipinski definition) is 3. The number of aromatic nitrogens is 1. The first-order valence-electron chi connectivity index (χ1n) is 6.38. The monoisotopic (exact) mass is 237 g/mol. The molecule has 1 aromatic rings. The molecule has 4 heteroatoms. The van der Waals surface area contributed by atoms with E-state index in [0.29, 0.717) is 24.0 Å². The fourth-order valence-corrected chi connectivity index (χ4v) is 2.03. The van der Waals surface area contributed by atoms with Crippen LogP contribution in [0.3, 0.4) is 0 Å². The zero-order valence-corrected chi connectivity index (χ0v) is 10.5. The molecule has 0 unspecified atom stereocenters. The molecule has 17 heavy (non-hydrogen) atoms. The summed E-state index contributed by atoms with van der Waals surface area (Å²) < 4.78 is 14.3. The Balaban J connectivity index is 2.20. The molecule has 94 valence electrons. The highest BCUT2D eigenvalue weighted by molar-refractivity contribution is 5.45. The number of rotatable bonds is 6. The molecular weight excluding hydrogens is 217 g/mol. The van der Waals surface area contributed by atoms with Crippen molar-refractivity contribution in [1.29, 1.82) is 0 Å². The molecule has 1 aromatic heterocycles. The van der Waals surface area contributed by atoms with Crippen LogP contribution in [0.15, 0.2) is 12.3 Å². The normalized spacial score (nSPS) is 15.0. The average Bonchev–Trinajstić information content (AvgIpc) is 3.15. The third-order valence-electron chi connectivity index (χ3n) is 3.12. The lowest BCUT2D eigenvalue weighted by atomic mass is 10.2. The molecule has 1 N–H and O–H groups in total. The molecular formula is C13H20FN3. The SMILES string of the molecule is CCNCc1ccnc(N(CC)C2CC2)c1F. The van der Waals surface area contributed by atoms with Gasteiger partial charge in [0.15, 0.2) is 11.6 Å². The van der Waals surface area contributed by atoms with Crippen LogP contribution in [0.25, 0.3) is 0 Å². The van der Waals surface area contributed by atoms with E-state index in [1.165, 1.54) is 0 Å². The number of anilines is 1. The van der Waals surface area contributed by atoms with Crippen molar-refractivity contribution < 1.29 is 4.39 Å². The second-order valence-electron chi connectivity index (χ2n) is 4.41. The first kappa shape index (κ1) is 12.3. The van der Waals surface area contributed by atoms with Crippen LogP contribution in [0.5, 0.6) is 0 Å². The van der Waals surface area contributed by atoms with E-state index in [4.69, 9.17) is 0 Å². The van der Waals surface area contributed by atoms with E-state index in [-0.39, 0.29) is 5.82 Å². The van der Waals surface area contributed by atoms with E-state index < -0.39 is 0 Å². The van der Waals surface area contributed by atoms with Gasteiger partial charge in [-0.05, 0) is 32.4 Å². The van der Waals surface area contributed by atoms with Crippen LogP contribution < -0.4 is 10.2 Å². The Labute approximate surface area is 102 Å². The van der Waals surface area contributed by atoms with E-state index >= 15 is 0 Å². The molecule has 0 spiro atoms. The second-order valence-corrected chi connectivity index (χ2v) is 4.41. The first-order chi connectivity index (χ1) is 8.27. The summed E-state index contributed by atoms with van der Waals surface area (Å²) >= 11 is 0. The third kappa shape index (κ3) is 2.75. The van der Waals surface area contributed by atoms with E-state index in [1.807, 2.05) is 6.92 Å². The minimum Gasteiger partial charge on any atom is -0.351 e. The van der Waals surface area contributed by atoms with Gasteiger partial charge in [0.2, 0.25) is 0 Å².